The highest BCUT2D eigenvalue weighted by Gasteiger charge is 2.29. The van der Waals surface area contributed by atoms with Gasteiger partial charge in [0.25, 0.3) is 5.88 Å². The Kier molecular flexibility index (Phi) is 7.56. The Balaban J connectivity index is 2.33. The van der Waals surface area contributed by atoms with Crippen molar-refractivity contribution in [2.24, 2.45) is 5.73 Å². The summed E-state index contributed by atoms with van der Waals surface area (Å²) in [6.07, 6.45) is -1.74. The summed E-state index contributed by atoms with van der Waals surface area (Å²) in [4.78, 5) is 33.2. The van der Waals surface area contributed by atoms with Gasteiger partial charge in [0.1, 0.15) is 5.82 Å². The van der Waals surface area contributed by atoms with Gasteiger partial charge in [-0.05, 0) is 30.7 Å². The first kappa shape index (κ1) is 22.9. The molecule has 0 aliphatic rings. The Morgan fingerprint density at radius 1 is 1.17 bits per heavy atom. The Morgan fingerprint density at radius 3 is 2.50 bits per heavy atom. The molecule has 0 aliphatic heterocycles. The predicted octanol–water partition coefficient (Wildman–Crippen LogP) is 2.86. The minimum Gasteiger partial charge on any atom is -0.488 e. The molecule has 0 aromatic carbocycles. The number of alkyl halides is 3. The summed E-state index contributed by atoms with van der Waals surface area (Å²) in [5.41, 5.74) is 5.92. The van der Waals surface area contributed by atoms with E-state index in [0.717, 1.165) is 0 Å². The summed E-state index contributed by atoms with van der Waals surface area (Å²) in [6, 6.07) is 4.24. The number of amides is 2. The van der Waals surface area contributed by atoms with Crippen molar-refractivity contribution in [3.63, 3.8) is 0 Å². The van der Waals surface area contributed by atoms with Gasteiger partial charge in [-0.25, -0.2) is 9.97 Å². The third-order valence-electron chi connectivity index (χ3n) is 3.80. The van der Waals surface area contributed by atoms with E-state index < -0.39 is 18.7 Å². The fraction of sp³-hybridized carbons (Fsp3) is 0.368. The average molecular weight is 426 g/mol. The summed E-state index contributed by atoms with van der Waals surface area (Å²) in [5, 5.41) is 0. The Bertz CT molecular complexity index is 906. The second-order valence-corrected chi connectivity index (χ2v) is 6.08. The molecule has 0 fully saturated rings. The number of nitrogens with zero attached hydrogens (tertiary/aromatic N) is 3. The highest BCUT2D eigenvalue weighted by atomic mass is 19.4. The fourth-order valence-corrected chi connectivity index (χ4v) is 2.47. The standard InChI is InChI=1S/C19H21F3N4O4/c1-3-16(27)26(15-8-13(17(23)28)5-6-24-15)10-12-7-14(29-4-2)18(25-9-12)30-11-19(20,21)22/h5-9H,3-4,10-11H2,1-2H3,(H2,23,28). The van der Waals surface area contributed by atoms with Crippen LogP contribution in [0.25, 0.3) is 0 Å². The van der Waals surface area contributed by atoms with Crippen LogP contribution in [0.2, 0.25) is 0 Å². The number of rotatable bonds is 9. The lowest BCUT2D eigenvalue weighted by atomic mass is 10.2. The van der Waals surface area contributed by atoms with Gasteiger partial charge in [-0.15, -0.1) is 0 Å². The van der Waals surface area contributed by atoms with Crippen LogP contribution in [0.4, 0.5) is 19.0 Å². The van der Waals surface area contributed by atoms with Gasteiger partial charge in [0, 0.05) is 24.4 Å². The first-order chi connectivity index (χ1) is 14.1. The molecule has 30 heavy (non-hydrogen) atoms. The number of hydrogen-bond acceptors (Lipinski definition) is 6. The smallest absolute Gasteiger partial charge is 0.422 e. The molecule has 2 amide bonds. The van der Waals surface area contributed by atoms with Gasteiger partial charge in [0.05, 0.1) is 13.2 Å². The molecule has 162 valence electrons. The molecule has 8 nitrogen and oxygen atoms in total. The van der Waals surface area contributed by atoms with Crippen molar-refractivity contribution < 1.29 is 32.2 Å². The zero-order valence-electron chi connectivity index (χ0n) is 16.4. The maximum atomic E-state index is 12.5. The average Bonchev–Trinajstić information content (AvgIpc) is 2.70. The van der Waals surface area contributed by atoms with Crippen molar-refractivity contribution in [2.75, 3.05) is 18.1 Å². The molecule has 0 saturated heterocycles. The minimum atomic E-state index is -4.52. The van der Waals surface area contributed by atoms with Crippen LogP contribution in [-0.2, 0) is 11.3 Å². The zero-order valence-corrected chi connectivity index (χ0v) is 16.4. The molecule has 2 aromatic rings. The monoisotopic (exact) mass is 426 g/mol. The SMILES string of the molecule is CCOc1cc(CN(C(=O)CC)c2cc(C(N)=O)ccn2)cnc1OCC(F)(F)F. The van der Waals surface area contributed by atoms with Gasteiger partial charge in [-0.2, -0.15) is 13.2 Å². The van der Waals surface area contributed by atoms with Gasteiger partial charge in [-0.3, -0.25) is 14.5 Å². The van der Waals surface area contributed by atoms with Crippen molar-refractivity contribution in [3.05, 3.63) is 41.7 Å². The van der Waals surface area contributed by atoms with Gasteiger partial charge in [-0.1, -0.05) is 6.92 Å². The number of hydrogen-bond donors (Lipinski definition) is 1. The molecule has 0 radical (unpaired) electrons. The third-order valence-corrected chi connectivity index (χ3v) is 3.80. The van der Waals surface area contributed by atoms with Crippen molar-refractivity contribution in [1.29, 1.82) is 0 Å². The van der Waals surface area contributed by atoms with Crippen LogP contribution in [0.3, 0.4) is 0 Å². The summed E-state index contributed by atoms with van der Waals surface area (Å²) in [7, 11) is 0. The van der Waals surface area contributed by atoms with E-state index in [1.165, 1.54) is 35.5 Å². The van der Waals surface area contributed by atoms with E-state index >= 15 is 0 Å². The second-order valence-electron chi connectivity index (χ2n) is 6.08. The molecule has 0 atom stereocenters. The van der Waals surface area contributed by atoms with E-state index in [-0.39, 0.29) is 48.5 Å². The van der Waals surface area contributed by atoms with E-state index in [0.29, 0.717) is 5.56 Å². The maximum Gasteiger partial charge on any atom is 0.422 e. The van der Waals surface area contributed by atoms with Crippen LogP contribution in [0.5, 0.6) is 11.6 Å². The molecule has 2 rings (SSSR count). The summed E-state index contributed by atoms with van der Waals surface area (Å²) < 4.78 is 47.3. The fourth-order valence-electron chi connectivity index (χ4n) is 2.47. The molecule has 0 bridgehead atoms. The number of nitrogens with two attached hydrogens (primary N) is 1. The highest BCUT2D eigenvalue weighted by molar-refractivity contribution is 5.96. The predicted molar refractivity (Wildman–Crippen MR) is 101 cm³/mol. The van der Waals surface area contributed by atoms with E-state index in [1.54, 1.807) is 13.8 Å². The summed E-state index contributed by atoms with van der Waals surface area (Å²) >= 11 is 0. The van der Waals surface area contributed by atoms with Gasteiger partial charge in [0.15, 0.2) is 12.4 Å². The number of carbonyl (C=O) groups is 2. The molecule has 2 heterocycles. The molecule has 11 heteroatoms. The van der Waals surface area contributed by atoms with Crippen molar-refractivity contribution in [2.45, 2.75) is 33.0 Å². The van der Waals surface area contributed by atoms with Crippen molar-refractivity contribution in [1.82, 2.24) is 9.97 Å². The number of aromatic nitrogens is 2. The number of halogens is 3. The lowest BCUT2D eigenvalue weighted by Crippen LogP contribution is -2.31. The Hall–Kier alpha value is -3.37. The Labute approximate surface area is 170 Å². The first-order valence-corrected chi connectivity index (χ1v) is 9.02. The molecule has 0 aliphatic carbocycles. The molecule has 2 aromatic heterocycles. The van der Waals surface area contributed by atoms with E-state index in [4.69, 9.17) is 15.2 Å². The van der Waals surface area contributed by atoms with E-state index in [1.807, 2.05) is 0 Å². The second kappa shape index (κ2) is 9.90. The normalized spacial score (nSPS) is 11.1. The maximum absolute atomic E-state index is 12.5. The van der Waals surface area contributed by atoms with Crippen molar-refractivity contribution in [3.8, 4) is 11.6 Å². The molecule has 2 N–H and O–H groups in total. The van der Waals surface area contributed by atoms with E-state index in [9.17, 15) is 22.8 Å². The number of anilines is 1. The molecule has 0 spiro atoms. The number of pyridine rings is 2. The summed E-state index contributed by atoms with van der Waals surface area (Å²) in [6.45, 7) is 1.98. The quantitative estimate of drug-likeness (QED) is 0.661. The van der Waals surface area contributed by atoms with Crippen LogP contribution >= 0.6 is 0 Å². The molecule has 0 saturated carbocycles. The van der Waals surface area contributed by atoms with Crippen LogP contribution in [0.15, 0.2) is 30.6 Å². The van der Waals surface area contributed by atoms with Crippen LogP contribution in [0.1, 0.15) is 36.2 Å². The lowest BCUT2D eigenvalue weighted by Gasteiger charge is -2.22. The van der Waals surface area contributed by atoms with E-state index in [2.05, 4.69) is 9.97 Å². The lowest BCUT2D eigenvalue weighted by molar-refractivity contribution is -0.154. The number of primary amides is 1. The minimum absolute atomic E-state index is 0.00544. The Morgan fingerprint density at radius 2 is 1.90 bits per heavy atom. The molecular weight excluding hydrogens is 405 g/mol. The van der Waals surface area contributed by atoms with Crippen LogP contribution in [0, 0.1) is 0 Å². The van der Waals surface area contributed by atoms with Crippen LogP contribution in [-0.4, -0.2) is 41.2 Å². The van der Waals surface area contributed by atoms with Gasteiger partial charge >= 0.3 is 6.18 Å². The number of ether oxygens (including phenoxy) is 2. The largest absolute Gasteiger partial charge is 0.488 e. The zero-order chi connectivity index (χ0) is 22.3. The van der Waals surface area contributed by atoms with Crippen LogP contribution < -0.4 is 20.1 Å². The van der Waals surface area contributed by atoms with Gasteiger partial charge in [0.2, 0.25) is 11.8 Å². The topological polar surface area (TPSA) is 108 Å². The van der Waals surface area contributed by atoms with Crippen molar-refractivity contribution >= 4 is 17.6 Å². The molecular formula is C19H21F3N4O4. The first-order valence-electron chi connectivity index (χ1n) is 9.02. The summed E-state index contributed by atoms with van der Waals surface area (Å²) in [5.74, 6) is -1.05. The van der Waals surface area contributed by atoms with Gasteiger partial charge < -0.3 is 15.2 Å². The third kappa shape index (κ3) is 6.33. The number of carbonyl (C=O) groups excluding carboxylic acids is 2. The molecule has 0 unspecified atom stereocenters. The highest BCUT2D eigenvalue weighted by Crippen LogP contribution is 2.29.